The number of hydrogen-bond acceptors (Lipinski definition) is 1. The van der Waals surface area contributed by atoms with Crippen molar-refractivity contribution in [1.82, 2.24) is 0 Å². The van der Waals surface area contributed by atoms with Crippen LogP contribution in [0.15, 0.2) is 63.7 Å². The summed E-state index contributed by atoms with van der Waals surface area (Å²) in [4.78, 5) is 0.255. The second-order valence-electron chi connectivity index (χ2n) is 4.49. The molecule has 2 aromatic carbocycles. The van der Waals surface area contributed by atoms with Crippen molar-refractivity contribution in [3.8, 4) is 0 Å². The Kier molecular flexibility index (Phi) is 3.76. The van der Waals surface area contributed by atoms with E-state index in [1.807, 2.05) is 30.5 Å². The van der Waals surface area contributed by atoms with E-state index < -0.39 is 0 Å². The third-order valence-electron chi connectivity index (χ3n) is 3.15. The molecule has 0 bridgehead atoms. The highest BCUT2D eigenvalue weighted by molar-refractivity contribution is 9.10. The van der Waals surface area contributed by atoms with Gasteiger partial charge in [0.05, 0.1) is 6.26 Å². The molecule has 19 heavy (non-hydrogen) atoms. The fourth-order valence-corrected chi connectivity index (χ4v) is 3.40. The normalized spacial score (nSPS) is 12.7. The van der Waals surface area contributed by atoms with Crippen LogP contribution in [-0.2, 0) is 6.42 Å². The Labute approximate surface area is 128 Å². The van der Waals surface area contributed by atoms with E-state index in [1.54, 1.807) is 0 Å². The zero-order valence-electron chi connectivity index (χ0n) is 10.1. The predicted molar refractivity (Wildman–Crippen MR) is 85.7 cm³/mol. The largest absolute Gasteiger partial charge is 0.464 e. The average Bonchev–Trinajstić information content (AvgIpc) is 2.82. The van der Waals surface area contributed by atoms with Crippen LogP contribution in [0.4, 0.5) is 0 Å². The highest BCUT2D eigenvalue weighted by Crippen LogP contribution is 2.34. The quantitative estimate of drug-likeness (QED) is 0.518. The van der Waals surface area contributed by atoms with Gasteiger partial charge in [-0.05, 0) is 30.2 Å². The van der Waals surface area contributed by atoms with E-state index in [-0.39, 0.29) is 4.83 Å². The van der Waals surface area contributed by atoms with Crippen LogP contribution in [0, 0.1) is 0 Å². The van der Waals surface area contributed by atoms with Gasteiger partial charge in [-0.15, -0.1) is 0 Å². The first-order valence-electron chi connectivity index (χ1n) is 6.08. The molecule has 3 rings (SSSR count). The van der Waals surface area contributed by atoms with E-state index in [4.69, 9.17) is 4.42 Å². The number of para-hydroxylation sites is 1. The number of hydrogen-bond donors (Lipinski definition) is 0. The molecule has 1 aromatic heterocycles. The summed E-state index contributed by atoms with van der Waals surface area (Å²) in [5.41, 5.74) is 3.44. The summed E-state index contributed by atoms with van der Waals surface area (Å²) in [6.07, 6.45) is 2.78. The first-order chi connectivity index (χ1) is 9.24. The summed E-state index contributed by atoms with van der Waals surface area (Å²) < 4.78 is 6.71. The fourth-order valence-electron chi connectivity index (χ4n) is 2.22. The molecular weight excluding hydrogens is 368 g/mol. The number of furan rings is 1. The maximum Gasteiger partial charge on any atom is 0.134 e. The molecule has 0 saturated carbocycles. The molecule has 0 aliphatic rings. The van der Waals surface area contributed by atoms with Crippen molar-refractivity contribution < 1.29 is 4.42 Å². The zero-order valence-corrected chi connectivity index (χ0v) is 13.3. The second kappa shape index (κ2) is 5.51. The SMILES string of the molecule is Brc1cccc(CC(Br)c2coc3ccccc23)c1. The zero-order chi connectivity index (χ0) is 13.2. The van der Waals surface area contributed by atoms with Gasteiger partial charge in [0.1, 0.15) is 5.58 Å². The Morgan fingerprint density at radius 3 is 2.74 bits per heavy atom. The Morgan fingerprint density at radius 2 is 1.89 bits per heavy atom. The minimum Gasteiger partial charge on any atom is -0.464 e. The molecule has 1 heterocycles. The lowest BCUT2D eigenvalue weighted by Crippen LogP contribution is -1.94. The first kappa shape index (κ1) is 12.9. The number of halogens is 2. The number of rotatable bonds is 3. The van der Waals surface area contributed by atoms with E-state index in [9.17, 15) is 0 Å². The molecule has 0 aliphatic carbocycles. The van der Waals surface area contributed by atoms with E-state index in [0.29, 0.717) is 0 Å². The van der Waals surface area contributed by atoms with Gasteiger partial charge in [-0.2, -0.15) is 0 Å². The lowest BCUT2D eigenvalue weighted by atomic mass is 10.0. The van der Waals surface area contributed by atoms with Crippen LogP contribution in [0.2, 0.25) is 0 Å². The maximum atomic E-state index is 5.59. The molecule has 0 fully saturated rings. The van der Waals surface area contributed by atoms with Crippen molar-refractivity contribution in [3.63, 3.8) is 0 Å². The summed E-state index contributed by atoms with van der Waals surface area (Å²) in [7, 11) is 0. The number of alkyl halides is 1. The van der Waals surface area contributed by atoms with Crippen molar-refractivity contribution in [2.45, 2.75) is 11.2 Å². The molecule has 3 aromatic rings. The smallest absolute Gasteiger partial charge is 0.134 e. The molecule has 0 spiro atoms. The summed E-state index contributed by atoms with van der Waals surface area (Å²) in [6.45, 7) is 0. The van der Waals surface area contributed by atoms with E-state index in [2.05, 4.69) is 56.1 Å². The van der Waals surface area contributed by atoms with Gasteiger partial charge in [-0.25, -0.2) is 0 Å². The average molecular weight is 380 g/mol. The molecule has 0 N–H and O–H groups in total. The molecule has 0 saturated heterocycles. The Hall–Kier alpha value is -1.06. The monoisotopic (exact) mass is 378 g/mol. The minimum atomic E-state index is 0.255. The van der Waals surface area contributed by atoms with Gasteiger partial charge >= 0.3 is 0 Å². The lowest BCUT2D eigenvalue weighted by Gasteiger charge is -2.08. The first-order valence-corrected chi connectivity index (χ1v) is 7.79. The van der Waals surface area contributed by atoms with E-state index >= 15 is 0 Å². The van der Waals surface area contributed by atoms with Crippen LogP contribution >= 0.6 is 31.9 Å². The van der Waals surface area contributed by atoms with Gasteiger partial charge < -0.3 is 4.42 Å². The summed E-state index contributed by atoms with van der Waals surface area (Å²) in [6, 6.07) is 16.5. The van der Waals surface area contributed by atoms with Gasteiger partial charge in [0, 0.05) is 20.2 Å². The predicted octanol–water partition coefficient (Wildman–Crippen LogP) is 5.87. The highest BCUT2D eigenvalue weighted by atomic mass is 79.9. The molecular formula is C16H12Br2O. The number of fused-ring (bicyclic) bond motifs is 1. The molecule has 0 radical (unpaired) electrons. The minimum absolute atomic E-state index is 0.255. The van der Waals surface area contributed by atoms with Gasteiger partial charge in [-0.3, -0.25) is 0 Å². The molecule has 0 aliphatic heterocycles. The molecule has 3 heteroatoms. The van der Waals surface area contributed by atoms with Crippen LogP contribution in [0.25, 0.3) is 11.0 Å². The third-order valence-corrected chi connectivity index (χ3v) is 4.46. The van der Waals surface area contributed by atoms with Crippen LogP contribution in [0.1, 0.15) is 16.0 Å². The summed E-state index contributed by atoms with van der Waals surface area (Å²) >= 11 is 7.28. The van der Waals surface area contributed by atoms with Crippen LogP contribution in [-0.4, -0.2) is 0 Å². The standard InChI is InChI=1S/C16H12Br2O/c17-12-5-3-4-11(8-12)9-15(18)14-10-19-16-7-2-1-6-13(14)16/h1-8,10,15H,9H2. The Bertz CT molecular complexity index is 703. The Morgan fingerprint density at radius 1 is 1.05 bits per heavy atom. The van der Waals surface area contributed by atoms with Crippen molar-refractivity contribution in [1.29, 1.82) is 0 Å². The third kappa shape index (κ3) is 2.77. The lowest BCUT2D eigenvalue weighted by molar-refractivity contribution is 0.610. The van der Waals surface area contributed by atoms with Crippen molar-refractivity contribution in [2.75, 3.05) is 0 Å². The van der Waals surface area contributed by atoms with Gasteiger partial charge in [0.2, 0.25) is 0 Å². The van der Waals surface area contributed by atoms with Crippen LogP contribution in [0.5, 0.6) is 0 Å². The second-order valence-corrected chi connectivity index (χ2v) is 6.51. The Balaban J connectivity index is 1.90. The van der Waals surface area contributed by atoms with Crippen molar-refractivity contribution in [3.05, 3.63) is 70.4 Å². The van der Waals surface area contributed by atoms with Crippen molar-refractivity contribution in [2.24, 2.45) is 0 Å². The van der Waals surface area contributed by atoms with Crippen molar-refractivity contribution >= 4 is 42.8 Å². The summed E-state index contributed by atoms with van der Waals surface area (Å²) in [5, 5.41) is 1.18. The topological polar surface area (TPSA) is 13.1 Å². The molecule has 96 valence electrons. The highest BCUT2D eigenvalue weighted by Gasteiger charge is 2.14. The van der Waals surface area contributed by atoms with Gasteiger partial charge in [0.25, 0.3) is 0 Å². The summed E-state index contributed by atoms with van der Waals surface area (Å²) in [5.74, 6) is 0. The van der Waals surface area contributed by atoms with E-state index in [1.165, 1.54) is 16.5 Å². The van der Waals surface area contributed by atoms with Crippen LogP contribution < -0.4 is 0 Å². The fraction of sp³-hybridized carbons (Fsp3) is 0.125. The molecule has 1 nitrogen and oxygen atoms in total. The molecule has 0 amide bonds. The van der Waals surface area contributed by atoms with Gasteiger partial charge in [-0.1, -0.05) is 62.2 Å². The molecule has 1 atom stereocenters. The van der Waals surface area contributed by atoms with Crippen LogP contribution in [0.3, 0.4) is 0 Å². The maximum absolute atomic E-state index is 5.59. The molecule has 1 unspecified atom stereocenters. The van der Waals surface area contributed by atoms with Gasteiger partial charge in [0.15, 0.2) is 0 Å². The number of benzene rings is 2. The van der Waals surface area contributed by atoms with E-state index in [0.717, 1.165) is 16.5 Å².